The molecular weight excluding hydrogens is 372 g/mol. The van der Waals surface area contributed by atoms with Crippen LogP contribution in [0, 0.1) is 5.92 Å². The number of aromatic amines is 1. The van der Waals surface area contributed by atoms with E-state index >= 15 is 0 Å². The number of hydrogen-bond acceptors (Lipinski definition) is 4. The van der Waals surface area contributed by atoms with Gasteiger partial charge in [-0.05, 0) is 60.6 Å². The molecule has 1 aromatic carbocycles. The van der Waals surface area contributed by atoms with Crippen molar-refractivity contribution in [2.24, 2.45) is 5.92 Å². The molecule has 0 amide bonds. The van der Waals surface area contributed by atoms with E-state index in [0.29, 0.717) is 0 Å². The molecule has 0 saturated carbocycles. The first-order valence-electron chi connectivity index (χ1n) is 10.4. The molecule has 150 valence electrons. The second kappa shape index (κ2) is 8.59. The highest BCUT2D eigenvalue weighted by molar-refractivity contribution is 5.80. The number of nitrogens with zero attached hydrogens (tertiary/aromatic N) is 3. The van der Waals surface area contributed by atoms with Crippen LogP contribution in [0.2, 0.25) is 0 Å². The lowest BCUT2D eigenvalue weighted by Gasteiger charge is -2.22. The number of rotatable bonds is 5. The van der Waals surface area contributed by atoms with Crippen molar-refractivity contribution >= 4 is 0 Å². The van der Waals surface area contributed by atoms with Gasteiger partial charge in [0.25, 0.3) is 0 Å². The van der Waals surface area contributed by atoms with E-state index in [1.165, 1.54) is 5.56 Å². The molecule has 0 bridgehead atoms. The average Bonchev–Trinajstić information content (AvgIpc) is 3.31. The van der Waals surface area contributed by atoms with Gasteiger partial charge in [-0.2, -0.15) is 5.10 Å². The minimum atomic E-state index is 0.733. The molecule has 1 saturated heterocycles. The molecule has 0 aliphatic carbocycles. The van der Waals surface area contributed by atoms with Crippen LogP contribution in [0.1, 0.15) is 18.4 Å². The van der Waals surface area contributed by atoms with Crippen molar-refractivity contribution in [2.75, 3.05) is 13.2 Å². The molecule has 1 aliphatic heterocycles. The van der Waals surface area contributed by atoms with Gasteiger partial charge in [-0.15, -0.1) is 0 Å². The number of ether oxygens (including phenoxy) is 1. The Morgan fingerprint density at radius 3 is 2.50 bits per heavy atom. The van der Waals surface area contributed by atoms with E-state index in [1.807, 2.05) is 36.7 Å². The van der Waals surface area contributed by atoms with Crippen molar-refractivity contribution in [1.82, 2.24) is 20.2 Å². The van der Waals surface area contributed by atoms with Crippen molar-refractivity contribution in [3.63, 3.8) is 0 Å². The van der Waals surface area contributed by atoms with E-state index in [9.17, 15) is 0 Å². The number of H-pyrrole nitrogens is 1. The zero-order chi connectivity index (χ0) is 20.2. The van der Waals surface area contributed by atoms with Gasteiger partial charge in [-0.25, -0.2) is 0 Å². The summed E-state index contributed by atoms with van der Waals surface area (Å²) < 4.78 is 5.47. The minimum Gasteiger partial charge on any atom is -0.381 e. The maximum absolute atomic E-state index is 5.47. The quantitative estimate of drug-likeness (QED) is 0.505. The normalized spacial score (nSPS) is 14.7. The molecule has 0 unspecified atom stereocenters. The number of hydrogen-bond donors (Lipinski definition) is 1. The van der Waals surface area contributed by atoms with Gasteiger partial charge in [0.15, 0.2) is 0 Å². The van der Waals surface area contributed by atoms with Crippen LogP contribution in [0.5, 0.6) is 0 Å². The molecule has 4 heterocycles. The second-order valence-corrected chi connectivity index (χ2v) is 7.76. The average molecular weight is 396 g/mol. The van der Waals surface area contributed by atoms with Crippen LogP contribution in [0.15, 0.2) is 73.2 Å². The number of pyridine rings is 2. The third-order valence-electron chi connectivity index (χ3n) is 5.75. The van der Waals surface area contributed by atoms with Gasteiger partial charge in [-0.3, -0.25) is 15.1 Å². The standard InChI is InChI=1S/C25H24N4O/c1-2-11-26-23(3-1)25-22(17-28-29-25)21-8-12-27-24(16-21)20-6-4-18(5-7-20)15-19-9-13-30-14-10-19/h1-8,11-12,16-17,19H,9-10,13-15H2,(H,28,29). The van der Waals surface area contributed by atoms with Crippen LogP contribution < -0.4 is 0 Å². The van der Waals surface area contributed by atoms with E-state index in [-0.39, 0.29) is 0 Å². The first-order valence-corrected chi connectivity index (χ1v) is 10.4. The first-order chi connectivity index (χ1) is 14.9. The molecule has 1 N–H and O–H groups in total. The summed E-state index contributed by atoms with van der Waals surface area (Å²) in [5.74, 6) is 0.733. The summed E-state index contributed by atoms with van der Waals surface area (Å²) in [4.78, 5) is 9.06. The summed E-state index contributed by atoms with van der Waals surface area (Å²) in [5.41, 5.74) is 7.34. The van der Waals surface area contributed by atoms with Gasteiger partial charge >= 0.3 is 0 Å². The molecular formula is C25H24N4O. The molecule has 1 fully saturated rings. The highest BCUT2D eigenvalue weighted by Gasteiger charge is 2.15. The predicted octanol–water partition coefficient (Wildman–Crippen LogP) is 5.17. The van der Waals surface area contributed by atoms with E-state index < -0.39 is 0 Å². The van der Waals surface area contributed by atoms with Crippen LogP contribution in [-0.4, -0.2) is 33.4 Å². The number of aromatic nitrogens is 4. The van der Waals surface area contributed by atoms with Crippen molar-refractivity contribution in [3.8, 4) is 33.8 Å². The van der Waals surface area contributed by atoms with Crippen molar-refractivity contribution < 1.29 is 4.74 Å². The van der Waals surface area contributed by atoms with Gasteiger partial charge in [0.05, 0.1) is 23.3 Å². The number of nitrogens with one attached hydrogen (secondary N) is 1. The Kier molecular flexibility index (Phi) is 5.36. The van der Waals surface area contributed by atoms with Crippen LogP contribution in [0.4, 0.5) is 0 Å². The SMILES string of the molecule is c1ccc(-c2[nH]ncc2-c2ccnc(-c3ccc(CC4CCOCC4)cc3)c2)nc1. The summed E-state index contributed by atoms with van der Waals surface area (Å²) in [6.07, 6.45) is 8.94. The summed E-state index contributed by atoms with van der Waals surface area (Å²) in [5, 5.41) is 7.33. The summed E-state index contributed by atoms with van der Waals surface area (Å²) in [6, 6.07) is 18.8. The molecule has 5 nitrogen and oxygen atoms in total. The lowest BCUT2D eigenvalue weighted by atomic mass is 9.92. The van der Waals surface area contributed by atoms with Crippen LogP contribution in [-0.2, 0) is 11.2 Å². The fourth-order valence-corrected chi connectivity index (χ4v) is 4.06. The predicted molar refractivity (Wildman–Crippen MR) is 118 cm³/mol. The molecule has 30 heavy (non-hydrogen) atoms. The zero-order valence-corrected chi connectivity index (χ0v) is 16.8. The van der Waals surface area contributed by atoms with E-state index in [0.717, 1.165) is 72.2 Å². The van der Waals surface area contributed by atoms with Gasteiger partial charge in [0.2, 0.25) is 0 Å². The van der Waals surface area contributed by atoms with Gasteiger partial charge in [0.1, 0.15) is 0 Å². The maximum atomic E-state index is 5.47. The molecule has 4 aromatic rings. The van der Waals surface area contributed by atoms with Crippen molar-refractivity contribution in [1.29, 1.82) is 0 Å². The first kappa shape index (κ1) is 18.7. The Bertz CT molecular complexity index is 1100. The van der Waals surface area contributed by atoms with Crippen LogP contribution in [0.25, 0.3) is 33.8 Å². The minimum absolute atomic E-state index is 0.733. The van der Waals surface area contributed by atoms with Gasteiger partial charge in [0, 0.05) is 36.7 Å². The largest absolute Gasteiger partial charge is 0.381 e. The fraction of sp³-hybridized carbons (Fsp3) is 0.240. The molecule has 0 radical (unpaired) electrons. The van der Waals surface area contributed by atoms with Crippen molar-refractivity contribution in [3.05, 3.63) is 78.8 Å². The summed E-state index contributed by atoms with van der Waals surface area (Å²) in [6.45, 7) is 1.79. The zero-order valence-electron chi connectivity index (χ0n) is 16.8. The van der Waals surface area contributed by atoms with Crippen LogP contribution >= 0.6 is 0 Å². The highest BCUT2D eigenvalue weighted by atomic mass is 16.5. The highest BCUT2D eigenvalue weighted by Crippen LogP contribution is 2.31. The summed E-state index contributed by atoms with van der Waals surface area (Å²) in [7, 11) is 0. The molecule has 3 aromatic heterocycles. The Balaban J connectivity index is 1.39. The molecule has 0 spiro atoms. The monoisotopic (exact) mass is 396 g/mol. The molecule has 1 aliphatic rings. The third-order valence-corrected chi connectivity index (χ3v) is 5.75. The Morgan fingerprint density at radius 2 is 1.70 bits per heavy atom. The van der Waals surface area contributed by atoms with E-state index in [1.54, 1.807) is 6.20 Å². The van der Waals surface area contributed by atoms with Crippen LogP contribution in [0.3, 0.4) is 0 Å². The topological polar surface area (TPSA) is 63.7 Å². The molecule has 0 atom stereocenters. The van der Waals surface area contributed by atoms with Gasteiger partial charge < -0.3 is 4.74 Å². The molecule has 5 rings (SSSR count). The van der Waals surface area contributed by atoms with E-state index in [2.05, 4.69) is 50.5 Å². The van der Waals surface area contributed by atoms with Crippen molar-refractivity contribution in [2.45, 2.75) is 19.3 Å². The Morgan fingerprint density at radius 1 is 0.867 bits per heavy atom. The van der Waals surface area contributed by atoms with E-state index in [4.69, 9.17) is 4.74 Å². The lowest BCUT2D eigenvalue weighted by Crippen LogP contribution is -2.17. The number of benzene rings is 1. The second-order valence-electron chi connectivity index (χ2n) is 7.76. The lowest BCUT2D eigenvalue weighted by molar-refractivity contribution is 0.0665. The van der Waals surface area contributed by atoms with Gasteiger partial charge in [-0.1, -0.05) is 30.3 Å². The fourth-order valence-electron chi connectivity index (χ4n) is 4.06. The molecule has 5 heteroatoms. The Hall–Kier alpha value is -3.31. The third kappa shape index (κ3) is 4.02. The Labute approximate surface area is 176 Å². The maximum Gasteiger partial charge on any atom is 0.0912 e. The summed E-state index contributed by atoms with van der Waals surface area (Å²) >= 11 is 0. The smallest absolute Gasteiger partial charge is 0.0912 e.